The number of hydrogen-bond donors (Lipinski definition) is 0. The summed E-state index contributed by atoms with van der Waals surface area (Å²) in [6.45, 7) is 3.10. The summed E-state index contributed by atoms with van der Waals surface area (Å²) < 4.78 is 34.7. The SMILES string of the molecule is Cc1noc(C)c1S(=O)(=O)Oc1ccc2ccccc2c1. The maximum absolute atomic E-state index is 12.3. The Bertz CT molecular complexity index is 893. The first-order chi connectivity index (χ1) is 9.97. The molecule has 0 fully saturated rings. The summed E-state index contributed by atoms with van der Waals surface area (Å²) >= 11 is 0. The first-order valence-corrected chi connectivity index (χ1v) is 7.74. The molecule has 108 valence electrons. The van der Waals surface area contributed by atoms with Crippen LogP contribution in [-0.4, -0.2) is 13.6 Å². The Morgan fingerprint density at radius 3 is 2.43 bits per heavy atom. The minimum absolute atomic E-state index is 0.0179. The summed E-state index contributed by atoms with van der Waals surface area (Å²) in [5.41, 5.74) is 0.285. The van der Waals surface area contributed by atoms with Crippen LogP contribution in [0.1, 0.15) is 11.5 Å². The van der Waals surface area contributed by atoms with E-state index in [9.17, 15) is 8.42 Å². The van der Waals surface area contributed by atoms with E-state index in [1.165, 1.54) is 6.92 Å². The highest BCUT2D eigenvalue weighted by molar-refractivity contribution is 7.87. The van der Waals surface area contributed by atoms with E-state index in [-0.39, 0.29) is 22.1 Å². The first-order valence-electron chi connectivity index (χ1n) is 6.33. The number of aromatic nitrogens is 1. The fourth-order valence-corrected chi connectivity index (χ4v) is 3.45. The van der Waals surface area contributed by atoms with Crippen LogP contribution in [-0.2, 0) is 10.1 Å². The number of aryl methyl sites for hydroxylation is 2. The van der Waals surface area contributed by atoms with Crippen LogP contribution in [0.15, 0.2) is 51.9 Å². The highest BCUT2D eigenvalue weighted by Crippen LogP contribution is 2.26. The van der Waals surface area contributed by atoms with Crippen LogP contribution in [0.2, 0.25) is 0 Å². The maximum Gasteiger partial charge on any atom is 0.344 e. The molecule has 0 aliphatic carbocycles. The summed E-state index contributed by atoms with van der Waals surface area (Å²) in [6, 6.07) is 12.8. The van der Waals surface area contributed by atoms with E-state index >= 15 is 0 Å². The Kier molecular flexibility index (Phi) is 3.17. The van der Waals surface area contributed by atoms with Gasteiger partial charge in [-0.15, -0.1) is 0 Å². The zero-order valence-corrected chi connectivity index (χ0v) is 12.3. The summed E-state index contributed by atoms with van der Waals surface area (Å²) in [5, 5.41) is 5.56. The van der Waals surface area contributed by atoms with E-state index < -0.39 is 10.1 Å². The Morgan fingerprint density at radius 1 is 1.05 bits per heavy atom. The average Bonchev–Trinajstić information content (AvgIpc) is 2.78. The lowest BCUT2D eigenvalue weighted by Crippen LogP contribution is -2.11. The third-order valence-corrected chi connectivity index (χ3v) is 4.64. The van der Waals surface area contributed by atoms with Gasteiger partial charge in [0.05, 0.1) is 0 Å². The van der Waals surface area contributed by atoms with Gasteiger partial charge in [-0.2, -0.15) is 8.42 Å². The first kappa shape index (κ1) is 13.6. The molecule has 0 N–H and O–H groups in total. The highest BCUT2D eigenvalue weighted by atomic mass is 32.2. The van der Waals surface area contributed by atoms with Gasteiger partial charge in [0.2, 0.25) is 0 Å². The van der Waals surface area contributed by atoms with E-state index in [1.807, 2.05) is 30.3 Å². The van der Waals surface area contributed by atoms with Crippen LogP contribution >= 0.6 is 0 Å². The lowest BCUT2D eigenvalue weighted by molar-refractivity contribution is 0.390. The van der Waals surface area contributed by atoms with Crippen molar-refractivity contribution in [2.45, 2.75) is 18.7 Å². The normalized spacial score (nSPS) is 11.7. The minimum atomic E-state index is -3.96. The molecule has 3 aromatic rings. The molecular formula is C15H13NO4S. The van der Waals surface area contributed by atoms with E-state index in [4.69, 9.17) is 8.71 Å². The zero-order chi connectivity index (χ0) is 15.0. The smallest absolute Gasteiger partial charge is 0.344 e. The van der Waals surface area contributed by atoms with Crippen molar-refractivity contribution in [2.24, 2.45) is 0 Å². The monoisotopic (exact) mass is 303 g/mol. The van der Waals surface area contributed by atoms with Crippen LogP contribution in [0.3, 0.4) is 0 Å². The van der Waals surface area contributed by atoms with E-state index in [1.54, 1.807) is 19.1 Å². The highest BCUT2D eigenvalue weighted by Gasteiger charge is 2.26. The number of nitrogens with zero attached hydrogens (tertiary/aromatic N) is 1. The van der Waals surface area contributed by atoms with Crippen molar-refractivity contribution < 1.29 is 17.1 Å². The van der Waals surface area contributed by atoms with E-state index in [2.05, 4.69) is 5.16 Å². The van der Waals surface area contributed by atoms with Gasteiger partial charge in [-0.1, -0.05) is 35.5 Å². The third-order valence-electron chi connectivity index (χ3n) is 3.14. The van der Waals surface area contributed by atoms with Crippen LogP contribution in [0.4, 0.5) is 0 Å². The molecule has 0 aliphatic rings. The molecule has 0 bridgehead atoms. The standard InChI is InChI=1S/C15H13NO4S/c1-10-15(11(2)19-16-10)21(17,18)20-14-8-7-12-5-3-4-6-13(12)9-14/h3-9H,1-2H3. The lowest BCUT2D eigenvalue weighted by atomic mass is 10.1. The van der Waals surface area contributed by atoms with Crippen LogP contribution < -0.4 is 4.18 Å². The van der Waals surface area contributed by atoms with Gasteiger partial charge in [-0.3, -0.25) is 0 Å². The molecule has 3 rings (SSSR count). The topological polar surface area (TPSA) is 69.4 Å². The van der Waals surface area contributed by atoms with Gasteiger partial charge in [-0.25, -0.2) is 0 Å². The lowest BCUT2D eigenvalue weighted by Gasteiger charge is -2.07. The van der Waals surface area contributed by atoms with Crippen LogP contribution in [0, 0.1) is 13.8 Å². The molecule has 0 saturated heterocycles. The maximum atomic E-state index is 12.3. The van der Waals surface area contributed by atoms with Crippen molar-refractivity contribution in [3.8, 4) is 5.75 Å². The van der Waals surface area contributed by atoms with Gasteiger partial charge < -0.3 is 8.71 Å². The predicted octanol–water partition coefficient (Wildman–Crippen LogP) is 3.21. The molecule has 0 radical (unpaired) electrons. The van der Waals surface area contributed by atoms with Gasteiger partial charge >= 0.3 is 10.1 Å². The molecule has 0 spiro atoms. The van der Waals surface area contributed by atoms with Crippen LogP contribution in [0.5, 0.6) is 5.75 Å². The Labute approximate surface area is 122 Å². The number of rotatable bonds is 3. The molecule has 0 saturated carbocycles. The molecule has 6 heteroatoms. The van der Waals surface area contributed by atoms with Gasteiger partial charge in [-0.05, 0) is 36.8 Å². The van der Waals surface area contributed by atoms with E-state index in [0.717, 1.165) is 10.8 Å². The van der Waals surface area contributed by atoms with Crippen molar-refractivity contribution in [3.63, 3.8) is 0 Å². The average molecular weight is 303 g/mol. The van der Waals surface area contributed by atoms with Gasteiger partial charge in [0.1, 0.15) is 11.4 Å². The molecule has 5 nitrogen and oxygen atoms in total. The molecule has 0 atom stereocenters. The molecule has 21 heavy (non-hydrogen) atoms. The number of hydrogen-bond acceptors (Lipinski definition) is 5. The summed E-state index contributed by atoms with van der Waals surface area (Å²) in [4.78, 5) is -0.0179. The van der Waals surface area contributed by atoms with Crippen molar-refractivity contribution in [2.75, 3.05) is 0 Å². The van der Waals surface area contributed by atoms with Gasteiger partial charge in [0.25, 0.3) is 0 Å². The second kappa shape index (κ2) is 4.89. The Balaban J connectivity index is 2.01. The third kappa shape index (κ3) is 2.50. The minimum Gasteiger partial charge on any atom is -0.379 e. The fraction of sp³-hybridized carbons (Fsp3) is 0.133. The van der Waals surface area contributed by atoms with Gasteiger partial charge in [0, 0.05) is 0 Å². The molecule has 1 aromatic heterocycles. The quantitative estimate of drug-likeness (QED) is 0.695. The molecule has 0 unspecified atom stereocenters. The van der Waals surface area contributed by atoms with Crippen molar-refractivity contribution >= 4 is 20.9 Å². The second-order valence-corrected chi connectivity index (χ2v) is 6.18. The summed E-state index contributed by atoms with van der Waals surface area (Å²) in [6.07, 6.45) is 0. The molecule has 1 heterocycles. The number of fused-ring (bicyclic) bond motifs is 1. The Hall–Kier alpha value is -2.34. The van der Waals surface area contributed by atoms with E-state index in [0.29, 0.717) is 0 Å². The molecule has 0 amide bonds. The summed E-state index contributed by atoms with van der Waals surface area (Å²) in [5.74, 6) is 0.474. The Morgan fingerprint density at radius 2 is 1.76 bits per heavy atom. The van der Waals surface area contributed by atoms with Crippen molar-refractivity contribution in [1.29, 1.82) is 0 Å². The summed E-state index contributed by atoms with van der Waals surface area (Å²) in [7, 11) is -3.96. The van der Waals surface area contributed by atoms with Crippen molar-refractivity contribution in [3.05, 3.63) is 53.9 Å². The predicted molar refractivity (Wildman–Crippen MR) is 77.7 cm³/mol. The van der Waals surface area contributed by atoms with Gasteiger partial charge in [0.15, 0.2) is 10.7 Å². The van der Waals surface area contributed by atoms with Crippen LogP contribution in [0.25, 0.3) is 10.8 Å². The fourth-order valence-electron chi connectivity index (χ4n) is 2.22. The molecule has 2 aromatic carbocycles. The molecular weight excluding hydrogens is 290 g/mol. The largest absolute Gasteiger partial charge is 0.379 e. The van der Waals surface area contributed by atoms with Crippen molar-refractivity contribution in [1.82, 2.24) is 5.16 Å². The second-order valence-electron chi connectivity index (χ2n) is 4.70. The number of benzene rings is 2. The zero-order valence-electron chi connectivity index (χ0n) is 11.5. The molecule has 0 aliphatic heterocycles.